The lowest BCUT2D eigenvalue weighted by atomic mass is 10.1. The number of ether oxygens (including phenoxy) is 1. The molecule has 8 heteroatoms. The van der Waals surface area contributed by atoms with Gasteiger partial charge in [0.15, 0.2) is 0 Å². The third-order valence-electron chi connectivity index (χ3n) is 6.03. The third kappa shape index (κ3) is 5.72. The number of hydrogen-bond acceptors (Lipinski definition) is 5. The predicted molar refractivity (Wildman–Crippen MR) is 142 cm³/mol. The van der Waals surface area contributed by atoms with E-state index in [-0.39, 0.29) is 11.8 Å². The van der Waals surface area contributed by atoms with Gasteiger partial charge in [-0.25, -0.2) is 0 Å². The van der Waals surface area contributed by atoms with Gasteiger partial charge >= 0.3 is 0 Å². The summed E-state index contributed by atoms with van der Waals surface area (Å²) in [5, 5.41) is 10.4. The molecule has 1 aliphatic rings. The van der Waals surface area contributed by atoms with Crippen LogP contribution >= 0.6 is 0 Å². The first kappa shape index (κ1) is 24.9. The normalized spacial score (nSPS) is 14.5. The highest BCUT2D eigenvalue weighted by molar-refractivity contribution is 6.07. The van der Waals surface area contributed by atoms with Crippen molar-refractivity contribution in [2.24, 2.45) is 7.05 Å². The van der Waals surface area contributed by atoms with Gasteiger partial charge < -0.3 is 20.3 Å². The quantitative estimate of drug-likeness (QED) is 0.381. The van der Waals surface area contributed by atoms with Crippen molar-refractivity contribution in [3.05, 3.63) is 89.6 Å². The van der Waals surface area contributed by atoms with Crippen LogP contribution in [0.1, 0.15) is 24.2 Å². The molecular formula is C28H31N5O3. The fourth-order valence-corrected chi connectivity index (χ4v) is 4.13. The molecule has 0 spiro atoms. The van der Waals surface area contributed by atoms with E-state index in [1.807, 2.05) is 74.5 Å². The molecule has 0 radical (unpaired) electrons. The van der Waals surface area contributed by atoms with E-state index in [0.29, 0.717) is 35.9 Å². The zero-order valence-corrected chi connectivity index (χ0v) is 20.8. The summed E-state index contributed by atoms with van der Waals surface area (Å²) in [4.78, 5) is 27.8. The predicted octanol–water partition coefficient (Wildman–Crippen LogP) is 4.46. The number of allylic oxidation sites excluding steroid dienone is 2. The highest BCUT2D eigenvalue weighted by Gasteiger charge is 2.21. The molecule has 0 bridgehead atoms. The zero-order valence-electron chi connectivity index (χ0n) is 20.8. The Morgan fingerprint density at radius 2 is 1.64 bits per heavy atom. The fourth-order valence-electron chi connectivity index (χ4n) is 4.13. The van der Waals surface area contributed by atoms with Gasteiger partial charge in [-0.15, -0.1) is 0 Å². The summed E-state index contributed by atoms with van der Waals surface area (Å²) in [6.07, 6.45) is 3.81. The Balaban J connectivity index is 1.43. The van der Waals surface area contributed by atoms with Crippen LogP contribution in [0.15, 0.2) is 84.1 Å². The minimum atomic E-state index is -0.194. The third-order valence-corrected chi connectivity index (χ3v) is 6.03. The van der Waals surface area contributed by atoms with E-state index in [2.05, 4.69) is 20.6 Å². The van der Waals surface area contributed by atoms with Crippen LogP contribution in [0.2, 0.25) is 0 Å². The molecule has 1 aliphatic heterocycles. The second-order valence-corrected chi connectivity index (χ2v) is 8.37. The van der Waals surface area contributed by atoms with Crippen LogP contribution in [0.4, 0.5) is 11.5 Å². The molecule has 1 aromatic heterocycles. The summed E-state index contributed by atoms with van der Waals surface area (Å²) in [5.41, 5.74) is 4.40. The van der Waals surface area contributed by atoms with Gasteiger partial charge in [0.2, 0.25) is 0 Å². The molecule has 1 saturated heterocycles. The molecule has 8 nitrogen and oxygen atoms in total. The van der Waals surface area contributed by atoms with Gasteiger partial charge in [-0.05, 0) is 38.1 Å². The summed E-state index contributed by atoms with van der Waals surface area (Å²) >= 11 is 0. The first-order valence-corrected chi connectivity index (χ1v) is 12.0. The summed E-state index contributed by atoms with van der Waals surface area (Å²) in [6, 6.07) is 18.4. The Morgan fingerprint density at radius 3 is 2.28 bits per heavy atom. The molecule has 4 rings (SSSR count). The Morgan fingerprint density at radius 1 is 0.944 bits per heavy atom. The molecule has 0 aliphatic carbocycles. The fraction of sp³-hybridized carbons (Fsp3) is 0.250. The number of carbonyl (C=O) groups is 2. The summed E-state index contributed by atoms with van der Waals surface area (Å²) < 4.78 is 7.08. The van der Waals surface area contributed by atoms with Crippen LogP contribution in [0, 0.1) is 0 Å². The molecule has 0 atom stereocenters. The second-order valence-electron chi connectivity index (χ2n) is 8.37. The molecule has 2 aromatic carbocycles. The van der Waals surface area contributed by atoms with E-state index in [9.17, 15) is 9.59 Å². The number of aromatic nitrogens is 2. The van der Waals surface area contributed by atoms with Gasteiger partial charge in [0.25, 0.3) is 11.8 Å². The van der Waals surface area contributed by atoms with Crippen molar-refractivity contribution in [3.8, 4) is 11.3 Å². The number of amides is 2. The van der Waals surface area contributed by atoms with Gasteiger partial charge in [0.1, 0.15) is 5.82 Å². The van der Waals surface area contributed by atoms with Crippen molar-refractivity contribution in [2.75, 3.05) is 36.9 Å². The number of rotatable bonds is 7. The number of nitrogens with one attached hydrogen (secondary N) is 2. The molecule has 2 amide bonds. The van der Waals surface area contributed by atoms with Gasteiger partial charge in [0, 0.05) is 48.7 Å². The molecule has 0 unspecified atom stereocenters. The van der Waals surface area contributed by atoms with Crippen molar-refractivity contribution >= 4 is 23.3 Å². The van der Waals surface area contributed by atoms with Crippen LogP contribution in [0.5, 0.6) is 0 Å². The van der Waals surface area contributed by atoms with Crippen molar-refractivity contribution in [1.29, 1.82) is 0 Å². The molecule has 36 heavy (non-hydrogen) atoms. The van der Waals surface area contributed by atoms with E-state index in [0.717, 1.165) is 30.0 Å². The van der Waals surface area contributed by atoms with E-state index >= 15 is 0 Å². The molecule has 3 aromatic rings. The minimum absolute atomic E-state index is 0.159. The maximum absolute atomic E-state index is 13.1. The second kappa shape index (κ2) is 11.5. The van der Waals surface area contributed by atoms with Gasteiger partial charge in [0.05, 0.1) is 24.5 Å². The maximum atomic E-state index is 13.1. The van der Waals surface area contributed by atoms with Crippen molar-refractivity contribution in [3.63, 3.8) is 0 Å². The average molecular weight is 486 g/mol. The van der Waals surface area contributed by atoms with Gasteiger partial charge in [-0.1, -0.05) is 42.5 Å². The van der Waals surface area contributed by atoms with Crippen molar-refractivity contribution < 1.29 is 14.3 Å². The number of hydrogen-bond donors (Lipinski definition) is 2. The average Bonchev–Trinajstić information content (AvgIpc) is 3.28. The summed E-state index contributed by atoms with van der Waals surface area (Å²) in [7, 11) is 1.78. The molecule has 2 heterocycles. The Kier molecular flexibility index (Phi) is 7.97. The number of anilines is 2. The highest BCUT2D eigenvalue weighted by atomic mass is 16.5. The van der Waals surface area contributed by atoms with Crippen LogP contribution in [-0.2, 0) is 16.6 Å². The zero-order chi connectivity index (χ0) is 25.5. The van der Waals surface area contributed by atoms with E-state index < -0.39 is 0 Å². The Hall–Kier alpha value is -4.17. The summed E-state index contributed by atoms with van der Waals surface area (Å²) in [6.45, 7) is 6.65. The van der Waals surface area contributed by atoms with Crippen LogP contribution in [0.25, 0.3) is 11.3 Å². The van der Waals surface area contributed by atoms with Crippen LogP contribution in [0.3, 0.4) is 0 Å². The molecule has 0 saturated carbocycles. The molecule has 2 N–H and O–H groups in total. The number of nitrogens with zero attached hydrogens (tertiary/aromatic N) is 3. The number of carbonyl (C=O) groups excluding carboxylic acids is 2. The van der Waals surface area contributed by atoms with Crippen LogP contribution < -0.4 is 10.6 Å². The largest absolute Gasteiger partial charge is 0.378 e. The van der Waals surface area contributed by atoms with Gasteiger partial charge in [-0.3, -0.25) is 14.3 Å². The van der Waals surface area contributed by atoms with Crippen molar-refractivity contribution in [2.45, 2.75) is 13.8 Å². The smallest absolute Gasteiger partial charge is 0.257 e. The van der Waals surface area contributed by atoms with Crippen molar-refractivity contribution in [1.82, 2.24) is 14.7 Å². The Bertz CT molecular complexity index is 1270. The standard InChI is InChI=1S/C28H31N5O3/c1-4-23(25(5-2)33-15-17-36-18-16-33)28(35)29-22-13-11-20(12-14-22)24-19-26(32(3)31-24)30-27(34)21-9-7-6-8-10-21/h4-14,19H,15-18H2,1-3H3,(H,29,35)(H,30,34)/b23-4+,25-5+. The molecular weight excluding hydrogens is 454 g/mol. The summed E-state index contributed by atoms with van der Waals surface area (Å²) in [5.74, 6) is 0.241. The first-order chi connectivity index (χ1) is 17.5. The lowest BCUT2D eigenvalue weighted by Gasteiger charge is -2.31. The first-order valence-electron chi connectivity index (χ1n) is 12.0. The Labute approximate surface area is 211 Å². The monoisotopic (exact) mass is 485 g/mol. The van der Waals surface area contributed by atoms with E-state index in [4.69, 9.17) is 4.74 Å². The lowest BCUT2D eigenvalue weighted by molar-refractivity contribution is -0.112. The van der Waals surface area contributed by atoms with Crippen LogP contribution in [-0.4, -0.2) is 52.8 Å². The lowest BCUT2D eigenvalue weighted by Crippen LogP contribution is -2.37. The SMILES string of the molecule is C/C=C(C(=O)Nc1ccc(-c2cc(NC(=O)c3ccccc3)n(C)n2)cc1)\C(=C/C)N1CCOCC1. The van der Waals surface area contributed by atoms with E-state index in [1.165, 1.54) is 0 Å². The highest BCUT2D eigenvalue weighted by Crippen LogP contribution is 2.25. The van der Waals surface area contributed by atoms with Gasteiger partial charge in [-0.2, -0.15) is 5.10 Å². The number of benzene rings is 2. The van der Waals surface area contributed by atoms with E-state index in [1.54, 1.807) is 23.9 Å². The topological polar surface area (TPSA) is 88.5 Å². The molecule has 186 valence electrons. The number of morpholine rings is 1. The maximum Gasteiger partial charge on any atom is 0.257 e. The minimum Gasteiger partial charge on any atom is -0.378 e. The number of aryl methyl sites for hydroxylation is 1. The molecule has 1 fully saturated rings.